The van der Waals surface area contributed by atoms with Gasteiger partial charge in [-0.15, -0.1) is 4.80 Å². The fourth-order valence-corrected chi connectivity index (χ4v) is 6.38. The molecule has 1 aliphatic rings. The summed E-state index contributed by atoms with van der Waals surface area (Å²) in [5.74, 6) is -0.245. The van der Waals surface area contributed by atoms with E-state index in [1.54, 1.807) is 13.8 Å². The SMILES string of the molecule is COCCO[C@@H](Cn1c(=O)n(C2(C)CCC(=O)NC2)c(=O)c2c(C)c(-n3nccn3)sc21)c1cc(F)ccc1OC. The molecule has 4 heterocycles. The number of rotatable bonds is 10. The van der Waals surface area contributed by atoms with E-state index in [0.29, 0.717) is 38.5 Å². The van der Waals surface area contributed by atoms with Crippen LogP contribution in [0.25, 0.3) is 15.2 Å². The number of carbonyl (C=O) groups excluding carboxylic acids is 1. The van der Waals surface area contributed by atoms with Gasteiger partial charge in [0.15, 0.2) is 0 Å². The number of halogens is 1. The van der Waals surface area contributed by atoms with Crippen molar-refractivity contribution in [3.63, 3.8) is 0 Å². The van der Waals surface area contributed by atoms with E-state index in [1.807, 2.05) is 0 Å². The van der Waals surface area contributed by atoms with Crippen molar-refractivity contribution in [2.75, 3.05) is 34.0 Å². The predicted octanol–water partition coefficient (Wildman–Crippen LogP) is 2.29. The topological polar surface area (TPSA) is 132 Å². The standard InChI is InChI=1S/C27H31FN6O6S/c1-16-22-23(36)33(27(2)8-7-21(35)29-15-27)26(37)32(25(22)41-24(16)34-30-9-10-31-34)14-20(40-12-11-38-3)18-13-17(28)5-6-19(18)39-4/h5-6,9-10,13,20H,7-8,11-12,14-15H2,1-4H3,(H,29,35)/t20-,27?/m0/s1. The summed E-state index contributed by atoms with van der Waals surface area (Å²) in [4.78, 5) is 42.2. The molecule has 0 saturated carbocycles. The summed E-state index contributed by atoms with van der Waals surface area (Å²) in [6.45, 7) is 4.05. The maximum absolute atomic E-state index is 14.5. The summed E-state index contributed by atoms with van der Waals surface area (Å²) in [6, 6.07) is 4.09. The smallest absolute Gasteiger partial charge is 0.332 e. The van der Waals surface area contributed by atoms with E-state index >= 15 is 0 Å². The largest absolute Gasteiger partial charge is 0.496 e. The van der Waals surface area contributed by atoms with Crippen LogP contribution in [0.2, 0.25) is 0 Å². The average molecular weight is 587 g/mol. The number of piperidine rings is 1. The Kier molecular flexibility index (Phi) is 8.07. The lowest BCUT2D eigenvalue weighted by Gasteiger charge is -2.35. The van der Waals surface area contributed by atoms with E-state index in [-0.39, 0.29) is 38.6 Å². The molecule has 1 aromatic carbocycles. The Bertz CT molecular complexity index is 1690. The van der Waals surface area contributed by atoms with Crippen molar-refractivity contribution < 1.29 is 23.4 Å². The summed E-state index contributed by atoms with van der Waals surface area (Å²) >= 11 is 1.20. The molecule has 12 nitrogen and oxygen atoms in total. The minimum Gasteiger partial charge on any atom is -0.496 e. The summed E-state index contributed by atoms with van der Waals surface area (Å²) in [5, 5.41) is 12.2. The normalized spacial score (nSPS) is 18.0. The van der Waals surface area contributed by atoms with Crippen molar-refractivity contribution in [3.8, 4) is 10.8 Å². The Hall–Kier alpha value is -3.88. The van der Waals surface area contributed by atoms with Gasteiger partial charge in [-0.3, -0.25) is 18.7 Å². The molecular weight excluding hydrogens is 555 g/mol. The highest BCUT2D eigenvalue weighted by molar-refractivity contribution is 7.21. The third kappa shape index (κ3) is 5.29. The van der Waals surface area contributed by atoms with Gasteiger partial charge in [-0.1, -0.05) is 11.3 Å². The first-order valence-electron chi connectivity index (χ1n) is 13.1. The Morgan fingerprint density at radius 3 is 2.59 bits per heavy atom. The molecule has 0 aliphatic carbocycles. The van der Waals surface area contributed by atoms with Gasteiger partial charge >= 0.3 is 5.69 Å². The highest BCUT2D eigenvalue weighted by atomic mass is 32.1. The molecule has 5 rings (SSSR count). The molecule has 0 spiro atoms. The predicted molar refractivity (Wildman–Crippen MR) is 149 cm³/mol. The molecule has 0 bridgehead atoms. The number of amides is 1. The van der Waals surface area contributed by atoms with Gasteiger partial charge in [0.25, 0.3) is 5.56 Å². The van der Waals surface area contributed by atoms with Crippen molar-refractivity contribution in [3.05, 3.63) is 68.4 Å². The van der Waals surface area contributed by atoms with Gasteiger partial charge in [0.1, 0.15) is 27.5 Å². The molecule has 41 heavy (non-hydrogen) atoms. The van der Waals surface area contributed by atoms with Crippen LogP contribution < -0.4 is 21.3 Å². The van der Waals surface area contributed by atoms with Crippen LogP contribution in [0.4, 0.5) is 4.39 Å². The summed E-state index contributed by atoms with van der Waals surface area (Å²) in [6.07, 6.45) is 2.69. The number of hydrogen-bond acceptors (Lipinski definition) is 9. The van der Waals surface area contributed by atoms with Gasteiger partial charge in [0, 0.05) is 31.2 Å². The van der Waals surface area contributed by atoms with Gasteiger partial charge in [-0.05, 0) is 38.5 Å². The second-order valence-electron chi connectivity index (χ2n) is 10.1. The van der Waals surface area contributed by atoms with Crippen LogP contribution >= 0.6 is 11.3 Å². The van der Waals surface area contributed by atoms with Crippen LogP contribution in [0.3, 0.4) is 0 Å². The number of aromatic nitrogens is 5. The lowest BCUT2D eigenvalue weighted by atomic mass is 9.91. The van der Waals surface area contributed by atoms with Crippen molar-refractivity contribution >= 4 is 27.5 Å². The Balaban J connectivity index is 1.75. The van der Waals surface area contributed by atoms with Crippen LogP contribution in [-0.2, 0) is 26.4 Å². The van der Waals surface area contributed by atoms with Gasteiger partial charge in [0.05, 0.1) is 50.2 Å². The zero-order chi connectivity index (χ0) is 29.3. The minimum atomic E-state index is -0.973. The molecule has 1 saturated heterocycles. The Labute approximate surface area is 238 Å². The first kappa shape index (κ1) is 28.6. The number of nitrogens with one attached hydrogen (secondary N) is 1. The van der Waals surface area contributed by atoms with Crippen LogP contribution in [0.5, 0.6) is 5.75 Å². The number of carbonyl (C=O) groups is 1. The highest BCUT2D eigenvalue weighted by Gasteiger charge is 2.37. The van der Waals surface area contributed by atoms with Gasteiger partial charge < -0.3 is 19.5 Å². The van der Waals surface area contributed by atoms with Crippen LogP contribution in [0.1, 0.15) is 37.0 Å². The molecule has 1 N–H and O–H groups in total. The second-order valence-corrected chi connectivity index (χ2v) is 11.1. The number of methoxy groups -OCH3 is 2. The first-order valence-corrected chi connectivity index (χ1v) is 13.9. The van der Waals surface area contributed by atoms with Crippen LogP contribution in [-0.4, -0.2) is 64.0 Å². The van der Waals surface area contributed by atoms with Gasteiger partial charge in [-0.25, -0.2) is 9.18 Å². The number of fused-ring (bicyclic) bond motifs is 1. The quantitative estimate of drug-likeness (QED) is 0.280. The molecule has 3 aromatic heterocycles. The van der Waals surface area contributed by atoms with Crippen molar-refractivity contribution in [2.24, 2.45) is 0 Å². The van der Waals surface area contributed by atoms with E-state index in [4.69, 9.17) is 14.2 Å². The fourth-order valence-electron chi connectivity index (χ4n) is 5.16. The summed E-state index contributed by atoms with van der Waals surface area (Å²) < 4.78 is 34.0. The lowest BCUT2D eigenvalue weighted by Crippen LogP contribution is -2.57. The van der Waals surface area contributed by atoms with Gasteiger partial charge in [0.2, 0.25) is 5.91 Å². The molecule has 2 atom stereocenters. The number of hydrogen-bond donors (Lipinski definition) is 1. The van der Waals surface area contributed by atoms with Crippen molar-refractivity contribution in [1.29, 1.82) is 0 Å². The van der Waals surface area contributed by atoms with Crippen molar-refractivity contribution in [2.45, 2.75) is 44.9 Å². The average Bonchev–Trinajstić information content (AvgIpc) is 3.60. The van der Waals surface area contributed by atoms with E-state index in [1.165, 1.54) is 70.1 Å². The lowest BCUT2D eigenvalue weighted by molar-refractivity contribution is -0.124. The number of aryl methyl sites for hydroxylation is 1. The van der Waals surface area contributed by atoms with E-state index in [2.05, 4.69) is 15.5 Å². The molecule has 1 aliphatic heterocycles. The molecule has 0 radical (unpaired) electrons. The number of benzene rings is 1. The van der Waals surface area contributed by atoms with Crippen LogP contribution in [0, 0.1) is 12.7 Å². The van der Waals surface area contributed by atoms with Crippen molar-refractivity contribution in [1.82, 2.24) is 29.4 Å². The molecule has 14 heteroatoms. The summed E-state index contributed by atoms with van der Waals surface area (Å²) in [7, 11) is 3.01. The maximum Gasteiger partial charge on any atom is 0.332 e. The number of ether oxygens (including phenoxy) is 3. The Morgan fingerprint density at radius 1 is 1.17 bits per heavy atom. The third-order valence-electron chi connectivity index (χ3n) is 7.38. The molecule has 1 fully saturated rings. The van der Waals surface area contributed by atoms with E-state index in [9.17, 15) is 18.8 Å². The molecule has 1 unspecified atom stereocenters. The van der Waals surface area contributed by atoms with E-state index < -0.39 is 28.7 Å². The molecule has 218 valence electrons. The Morgan fingerprint density at radius 2 is 1.93 bits per heavy atom. The summed E-state index contributed by atoms with van der Waals surface area (Å²) in [5.41, 5.74) is -0.998. The second kappa shape index (κ2) is 11.5. The van der Waals surface area contributed by atoms with Gasteiger partial charge in [-0.2, -0.15) is 10.2 Å². The van der Waals surface area contributed by atoms with E-state index in [0.717, 1.165) is 0 Å². The third-order valence-corrected chi connectivity index (χ3v) is 8.66. The molecule has 1 amide bonds. The highest BCUT2D eigenvalue weighted by Crippen LogP contribution is 2.34. The molecular formula is C27H31FN6O6S. The maximum atomic E-state index is 14.5. The number of nitrogens with zero attached hydrogens (tertiary/aromatic N) is 5. The number of thiophene rings is 1. The minimum absolute atomic E-state index is 0.0620. The van der Waals surface area contributed by atoms with Crippen LogP contribution in [0.15, 0.2) is 40.2 Å². The zero-order valence-electron chi connectivity index (χ0n) is 23.2. The monoisotopic (exact) mass is 586 g/mol. The fraction of sp³-hybridized carbons (Fsp3) is 0.444. The first-order chi connectivity index (χ1) is 19.7. The molecule has 4 aromatic rings. The zero-order valence-corrected chi connectivity index (χ0v) is 24.0.